The summed E-state index contributed by atoms with van der Waals surface area (Å²) in [6, 6.07) is 9.17. The number of aromatic nitrogens is 2. The number of nitrogens with one attached hydrogen (secondary N) is 1. The van der Waals surface area contributed by atoms with E-state index in [9.17, 15) is 72.9 Å². The second-order valence-electron chi connectivity index (χ2n) is 19.0. The molecule has 7 rings (SSSR count). The molecule has 3 aromatic carbocycles. The van der Waals surface area contributed by atoms with Crippen LogP contribution in [-0.4, -0.2) is 94.7 Å². The van der Waals surface area contributed by atoms with Gasteiger partial charge in [-0.1, -0.05) is 55.8 Å². The number of halogens is 2. The lowest BCUT2D eigenvalue weighted by atomic mass is 9.83. The third-order valence-electron chi connectivity index (χ3n) is 12.4. The number of aromatic amines is 1. The molecule has 83 heavy (non-hydrogen) atoms. The molecule has 1 saturated heterocycles. The number of ether oxygens (including phenoxy) is 5. The van der Waals surface area contributed by atoms with Gasteiger partial charge in [-0.3, -0.25) is 43.4 Å². The first-order valence-electron chi connectivity index (χ1n) is 23.8. The lowest BCUT2D eigenvalue weighted by Gasteiger charge is -2.31. The van der Waals surface area contributed by atoms with E-state index in [0.29, 0.717) is 0 Å². The first-order chi connectivity index (χ1) is 38.8. The Morgan fingerprint density at radius 3 is 2.29 bits per heavy atom. The zero-order chi connectivity index (χ0) is 61.3. The van der Waals surface area contributed by atoms with Gasteiger partial charge in [-0.25, -0.2) is 18.5 Å². The van der Waals surface area contributed by atoms with E-state index in [2.05, 4.69) is 30.0 Å². The molecule has 1 fully saturated rings. The Kier molecular flexibility index (Phi) is 19.5. The zero-order valence-corrected chi connectivity index (χ0v) is 47.8. The number of aliphatic hydroxyl groups excluding tert-OH is 2. The Labute approximate surface area is 476 Å². The molecule has 1 aromatic heterocycles. The fourth-order valence-electron chi connectivity index (χ4n) is 8.73. The Balaban J connectivity index is 1.12. The van der Waals surface area contributed by atoms with Gasteiger partial charge >= 0.3 is 29.2 Å². The van der Waals surface area contributed by atoms with Crippen LogP contribution >= 0.6 is 46.7 Å². The Bertz CT molecular complexity index is 3940. The van der Waals surface area contributed by atoms with Gasteiger partial charge in [0.15, 0.2) is 22.9 Å². The number of aliphatic hydroxyl groups is 2. The summed E-state index contributed by atoms with van der Waals surface area (Å²) in [4.78, 5) is 116. The maximum absolute atomic E-state index is 13.9. The minimum absolute atomic E-state index is 0.0267. The number of hydrogen-bond acceptors (Lipinski definition) is 22. The van der Waals surface area contributed by atoms with E-state index in [1.54, 1.807) is 20.8 Å². The predicted molar refractivity (Wildman–Crippen MR) is 288 cm³/mol. The Morgan fingerprint density at radius 2 is 1.66 bits per heavy atom. The van der Waals surface area contributed by atoms with Crippen molar-refractivity contribution in [2.45, 2.75) is 77.8 Å². The van der Waals surface area contributed by atoms with Gasteiger partial charge in [0.1, 0.15) is 39.6 Å². The minimum atomic E-state index is -5.87. The number of ketones is 1. The number of methoxy groups -OCH3 is 2. The molecule has 34 heteroatoms. The molecule has 0 amide bonds. The molecule has 444 valence electrons. The number of hydrogen-bond donors (Lipinski definition) is 8. The van der Waals surface area contributed by atoms with Crippen molar-refractivity contribution in [2.75, 3.05) is 20.8 Å². The van der Waals surface area contributed by atoms with Gasteiger partial charge in [-0.2, -0.15) is 8.62 Å². The molecule has 1 aliphatic carbocycles. The molecule has 0 saturated carbocycles. The SMILES string of the molecule is COc1cc([C@@H](OCc2cn([C@H]3C[C@@H](O)[C@@H](COP(=O)(O)OP(=O)(O)OP(=O)(O)O)O3)c(=O)[nH]c2=O)C(C)(C)C)c([N+](=O)[O-])cc1C#CCCC(=O)c1ccc(OC=O)c(-c2c3cc(OC)c(=O)c(Cl)c-3oc3c(Cl)c(O)c(CO)cc23)c1. The van der Waals surface area contributed by atoms with Crippen molar-refractivity contribution in [3.05, 3.63) is 128 Å². The molecule has 29 nitrogen and oxygen atoms in total. The van der Waals surface area contributed by atoms with E-state index in [-0.39, 0.29) is 103 Å². The standard InChI is InChI=1S/C49H48Cl2N3O26P3/c1-49(2,3)46(74-20-26-18-53(48(62)52-47(26)61)38-17-33(58)37(77-38)21-76-82(68,69)80-83(70,71)79-81(65,66)67)27-15-35(72-4)24(14-31(27)54(63)64)8-6-7-9-32(57)23-10-11-34(75-22-56)28(12-23)39-29-13-25(19-55)42(59)40(50)44(29)78-45-30(39)16-36(73-5)43(60)41(45)51/h10-16,18,22,33,37-38,46,55,58-59H,7,9,17,19-21H2,1-5H3,(H,68,69)(H,70,71)(H,52,61,62)(H2,65,66,67)/t33-,37-,38-,46-/m1/s1. The van der Waals surface area contributed by atoms with Crippen LogP contribution in [0.5, 0.6) is 23.0 Å². The van der Waals surface area contributed by atoms with E-state index in [1.165, 1.54) is 50.6 Å². The van der Waals surface area contributed by atoms with Crippen LogP contribution in [0, 0.1) is 27.4 Å². The highest BCUT2D eigenvalue weighted by molar-refractivity contribution is 7.66. The van der Waals surface area contributed by atoms with Crippen LogP contribution in [0.3, 0.4) is 0 Å². The number of fused-ring (bicyclic) bond motifs is 2. The van der Waals surface area contributed by atoms with Gasteiger partial charge in [0.25, 0.3) is 17.7 Å². The second-order valence-corrected chi connectivity index (χ2v) is 24.2. The van der Waals surface area contributed by atoms with Crippen molar-refractivity contribution in [3.8, 4) is 57.3 Å². The Hall–Kier alpha value is -6.64. The van der Waals surface area contributed by atoms with E-state index < -0.39 is 124 Å². The summed E-state index contributed by atoms with van der Waals surface area (Å²) in [6.45, 7) is 2.82. The smallest absolute Gasteiger partial charge is 0.490 e. The first kappa shape index (κ1) is 63.9. The lowest BCUT2D eigenvalue weighted by molar-refractivity contribution is -0.386. The average Bonchev–Trinajstić information content (AvgIpc) is 1.66. The largest absolute Gasteiger partial charge is 0.506 e. The van der Waals surface area contributed by atoms with Gasteiger partial charge in [-0.05, 0) is 41.8 Å². The van der Waals surface area contributed by atoms with E-state index in [1.807, 2.05) is 0 Å². The molecule has 8 N–H and O–H groups in total. The summed E-state index contributed by atoms with van der Waals surface area (Å²) >= 11 is 13.0. The minimum Gasteiger partial charge on any atom is -0.506 e. The highest BCUT2D eigenvalue weighted by Crippen LogP contribution is 2.66. The van der Waals surface area contributed by atoms with Crippen LogP contribution in [0.1, 0.15) is 85.0 Å². The molecule has 2 aliphatic heterocycles. The zero-order valence-electron chi connectivity index (χ0n) is 43.6. The second kappa shape index (κ2) is 25.3. The van der Waals surface area contributed by atoms with Gasteiger partial charge in [0, 0.05) is 64.7 Å². The van der Waals surface area contributed by atoms with Crippen LogP contribution < -0.4 is 30.9 Å². The molecule has 0 bridgehead atoms. The van der Waals surface area contributed by atoms with Crippen molar-refractivity contribution < 1.29 is 104 Å². The molecule has 0 radical (unpaired) electrons. The summed E-state index contributed by atoms with van der Waals surface area (Å²) in [5, 5.41) is 43.6. The molecule has 3 heterocycles. The van der Waals surface area contributed by atoms with Crippen molar-refractivity contribution in [1.29, 1.82) is 0 Å². The number of phenols is 1. The number of rotatable bonds is 22. The van der Waals surface area contributed by atoms with Crippen molar-refractivity contribution >= 4 is 75.6 Å². The lowest BCUT2D eigenvalue weighted by Crippen LogP contribution is -2.35. The van der Waals surface area contributed by atoms with Crippen molar-refractivity contribution in [3.63, 3.8) is 0 Å². The Morgan fingerprint density at radius 1 is 0.964 bits per heavy atom. The number of nitrogens with zero attached hydrogens (tertiary/aromatic N) is 2. The summed E-state index contributed by atoms with van der Waals surface area (Å²) in [6.07, 6.45) is -5.46. The van der Waals surface area contributed by atoms with Crippen LogP contribution in [0.2, 0.25) is 10.0 Å². The van der Waals surface area contributed by atoms with Gasteiger partial charge in [0.05, 0.1) is 67.9 Å². The third kappa shape index (κ3) is 14.5. The van der Waals surface area contributed by atoms with Crippen molar-refractivity contribution in [2.24, 2.45) is 5.41 Å². The first-order valence-corrected chi connectivity index (χ1v) is 29.1. The molecule has 4 aromatic rings. The quantitative estimate of drug-likeness (QED) is 0.00667. The molecule has 0 spiro atoms. The summed E-state index contributed by atoms with van der Waals surface area (Å²) in [7, 11) is -14.7. The topological polar surface area (TPSA) is 429 Å². The van der Waals surface area contributed by atoms with E-state index in [0.717, 1.165) is 16.8 Å². The van der Waals surface area contributed by atoms with Crippen LogP contribution in [0.25, 0.3) is 33.4 Å². The fourth-order valence-corrected chi connectivity index (χ4v) is 12.3. The molecule has 3 aliphatic rings. The number of H-pyrrole nitrogens is 1. The highest BCUT2D eigenvalue weighted by Gasteiger charge is 2.43. The molecular formula is C49H48Cl2N3O26P3. The highest BCUT2D eigenvalue weighted by atomic mass is 35.5. The average molecular weight is 1260 g/mol. The van der Waals surface area contributed by atoms with Crippen LogP contribution in [0.4, 0.5) is 5.69 Å². The van der Waals surface area contributed by atoms with Crippen LogP contribution in [-0.2, 0) is 54.3 Å². The summed E-state index contributed by atoms with van der Waals surface area (Å²) in [5.41, 5.74) is -4.31. The third-order valence-corrected chi connectivity index (χ3v) is 16.9. The number of carbonyl (C=O) groups is 2. The van der Waals surface area contributed by atoms with E-state index in [4.69, 9.17) is 61.1 Å². The summed E-state index contributed by atoms with van der Waals surface area (Å²) < 4.78 is 81.6. The normalized spacial score (nSPS) is 17.3. The number of phosphoric acid groups is 3. The van der Waals surface area contributed by atoms with Gasteiger partial charge < -0.3 is 63.0 Å². The van der Waals surface area contributed by atoms with Crippen LogP contribution in [0.15, 0.2) is 67.5 Å². The number of benzene rings is 4. The number of phosphoric ester groups is 1. The van der Waals surface area contributed by atoms with Gasteiger partial charge in [-0.15, -0.1) is 0 Å². The number of aromatic hydroxyl groups is 1. The van der Waals surface area contributed by atoms with E-state index >= 15 is 0 Å². The maximum Gasteiger partial charge on any atom is 0.490 e. The fraction of sp³-hybridized carbons (Fsp3) is 0.327. The maximum atomic E-state index is 13.9. The molecule has 2 unspecified atom stereocenters. The monoisotopic (exact) mass is 1260 g/mol. The number of nitro benzene ring substituents is 1. The number of carbonyl (C=O) groups excluding carboxylic acids is 2. The van der Waals surface area contributed by atoms with Gasteiger partial charge in [0.2, 0.25) is 5.43 Å². The summed E-state index contributed by atoms with van der Waals surface area (Å²) in [5.74, 6) is 4.14. The van der Waals surface area contributed by atoms with Crippen molar-refractivity contribution in [1.82, 2.24) is 9.55 Å². The predicted octanol–water partition coefficient (Wildman–Crippen LogP) is 6.69. The number of Topliss-reactive ketones (excluding diaryl/α,β-unsaturated/α-hetero) is 1. The molecular weight excluding hydrogens is 1210 g/mol. The molecule has 6 atom stereocenters. The number of nitro groups is 1.